The van der Waals surface area contributed by atoms with E-state index in [1.807, 2.05) is 12.1 Å². The molecule has 2 fully saturated rings. The van der Waals surface area contributed by atoms with Crippen molar-refractivity contribution in [2.24, 2.45) is 11.3 Å². The standard InChI is InChI=1S/C20H24BClO3/c1-19(2)13-9-16(19)20(3)17(10-13)24-21(25-20)18(22)8-12-11-23-15-7-5-4-6-14(12)15/h4-7,9,12,16-18H,8,10-11H2,1-3H3/t12?,16-,17+,18+,20-/m0/s1. The van der Waals surface area contributed by atoms with Gasteiger partial charge < -0.3 is 14.0 Å². The number of fused-ring (bicyclic) bond motifs is 1. The van der Waals surface area contributed by atoms with Gasteiger partial charge in [-0.3, -0.25) is 0 Å². The molecular formula is C20H24BClO3. The van der Waals surface area contributed by atoms with E-state index in [0.29, 0.717) is 18.4 Å². The molecule has 5 aliphatic rings. The lowest BCUT2D eigenvalue weighted by molar-refractivity contribution is -0.0652. The van der Waals surface area contributed by atoms with Gasteiger partial charge in [-0.2, -0.15) is 0 Å². The molecule has 25 heavy (non-hydrogen) atoms. The number of hydrogen-bond acceptors (Lipinski definition) is 3. The first kappa shape index (κ1) is 16.2. The van der Waals surface area contributed by atoms with Gasteiger partial charge >= 0.3 is 7.12 Å². The maximum atomic E-state index is 6.77. The Hall–Kier alpha value is -0.965. The summed E-state index contributed by atoms with van der Waals surface area (Å²) in [5.74, 6) is 1.71. The van der Waals surface area contributed by atoms with Gasteiger partial charge in [-0.15, -0.1) is 11.6 Å². The molecule has 2 aliphatic heterocycles. The lowest BCUT2D eigenvalue weighted by Gasteiger charge is -2.58. The predicted molar refractivity (Wildman–Crippen MR) is 99.0 cm³/mol. The first-order chi connectivity index (χ1) is 11.9. The predicted octanol–water partition coefficient (Wildman–Crippen LogP) is 4.35. The van der Waals surface area contributed by atoms with Gasteiger partial charge in [-0.1, -0.05) is 43.7 Å². The summed E-state index contributed by atoms with van der Waals surface area (Å²) in [7, 11) is -0.339. The third kappa shape index (κ3) is 2.20. The van der Waals surface area contributed by atoms with Gasteiger partial charge in [0.1, 0.15) is 5.75 Å². The molecule has 5 heteroatoms. The molecule has 0 spiro atoms. The highest BCUT2D eigenvalue weighted by Crippen LogP contribution is 2.61. The Bertz CT molecular complexity index is 748. The van der Waals surface area contributed by atoms with Crippen molar-refractivity contribution in [2.45, 2.75) is 56.5 Å². The molecule has 6 rings (SSSR count). The molecule has 2 heterocycles. The second-order valence-electron chi connectivity index (χ2n) is 8.69. The minimum absolute atomic E-state index is 0.129. The number of rotatable bonds is 3. The highest BCUT2D eigenvalue weighted by Gasteiger charge is 2.64. The molecule has 0 N–H and O–H groups in total. The van der Waals surface area contributed by atoms with Crippen molar-refractivity contribution in [2.75, 3.05) is 6.61 Å². The van der Waals surface area contributed by atoms with Crippen LogP contribution >= 0.6 is 11.6 Å². The second-order valence-corrected chi connectivity index (χ2v) is 9.25. The minimum Gasteiger partial charge on any atom is -0.493 e. The molecule has 3 aliphatic carbocycles. The number of para-hydroxylation sites is 1. The summed E-state index contributed by atoms with van der Waals surface area (Å²) in [5.41, 5.74) is 2.73. The zero-order valence-corrected chi connectivity index (χ0v) is 15.8. The largest absolute Gasteiger partial charge is 0.493 e. The van der Waals surface area contributed by atoms with E-state index in [1.165, 1.54) is 11.1 Å². The third-order valence-electron chi connectivity index (χ3n) is 6.91. The van der Waals surface area contributed by atoms with Crippen molar-refractivity contribution >= 4 is 18.7 Å². The van der Waals surface area contributed by atoms with E-state index in [4.69, 9.17) is 25.6 Å². The SMILES string of the molecule is CC1(C)C2=C[C@@H]1[C@]1(C)OB([C@H](Cl)CC3COc4ccccc43)O[C@@H]1C2. The van der Waals surface area contributed by atoms with Crippen LogP contribution in [0.5, 0.6) is 5.75 Å². The molecule has 0 aromatic heterocycles. The zero-order valence-electron chi connectivity index (χ0n) is 15.0. The maximum absolute atomic E-state index is 6.77. The van der Waals surface area contributed by atoms with Gasteiger partial charge in [0, 0.05) is 17.4 Å². The lowest BCUT2D eigenvalue weighted by atomic mass is 9.50. The van der Waals surface area contributed by atoms with Crippen LogP contribution in [0.4, 0.5) is 0 Å². The van der Waals surface area contributed by atoms with Gasteiger partial charge in [0.05, 0.1) is 23.6 Å². The van der Waals surface area contributed by atoms with Gasteiger partial charge in [-0.05, 0) is 31.2 Å². The fraction of sp³-hybridized carbons (Fsp3) is 0.600. The molecule has 1 aromatic rings. The molecule has 0 radical (unpaired) electrons. The van der Waals surface area contributed by atoms with Gasteiger partial charge in [0.15, 0.2) is 0 Å². The van der Waals surface area contributed by atoms with Crippen LogP contribution in [0.15, 0.2) is 35.9 Å². The van der Waals surface area contributed by atoms with Crippen LogP contribution in [-0.4, -0.2) is 30.7 Å². The van der Waals surface area contributed by atoms with Crippen molar-refractivity contribution in [1.82, 2.24) is 0 Å². The van der Waals surface area contributed by atoms with E-state index in [9.17, 15) is 0 Å². The van der Waals surface area contributed by atoms with Gasteiger partial charge in [-0.25, -0.2) is 0 Å². The number of alkyl halides is 1. The van der Waals surface area contributed by atoms with Crippen LogP contribution in [0, 0.1) is 11.3 Å². The van der Waals surface area contributed by atoms with Crippen LogP contribution in [0.1, 0.15) is 45.1 Å². The Morgan fingerprint density at radius 2 is 2.08 bits per heavy atom. The Kier molecular flexibility index (Phi) is 3.43. The molecule has 3 nitrogen and oxygen atoms in total. The molecule has 1 aromatic carbocycles. The Morgan fingerprint density at radius 3 is 2.88 bits per heavy atom. The van der Waals surface area contributed by atoms with E-state index in [-0.39, 0.29) is 29.5 Å². The fourth-order valence-electron chi connectivity index (χ4n) is 5.28. The molecule has 1 saturated carbocycles. The highest BCUT2D eigenvalue weighted by atomic mass is 35.5. The first-order valence-electron chi connectivity index (χ1n) is 9.30. The van der Waals surface area contributed by atoms with E-state index >= 15 is 0 Å². The average molecular weight is 359 g/mol. The van der Waals surface area contributed by atoms with Crippen LogP contribution in [0.2, 0.25) is 0 Å². The van der Waals surface area contributed by atoms with Crippen LogP contribution in [0.25, 0.3) is 0 Å². The minimum atomic E-state index is -0.339. The number of halogens is 1. The summed E-state index contributed by atoms with van der Waals surface area (Å²) in [6, 6.07) is 8.23. The van der Waals surface area contributed by atoms with Crippen molar-refractivity contribution in [3.05, 3.63) is 41.5 Å². The second kappa shape index (κ2) is 5.28. The molecular weight excluding hydrogens is 334 g/mol. The lowest BCUT2D eigenvalue weighted by Crippen LogP contribution is -2.59. The van der Waals surface area contributed by atoms with E-state index in [0.717, 1.165) is 18.6 Å². The maximum Gasteiger partial charge on any atom is 0.476 e. The third-order valence-corrected chi connectivity index (χ3v) is 7.29. The smallest absolute Gasteiger partial charge is 0.476 e. The summed E-state index contributed by atoms with van der Waals surface area (Å²) >= 11 is 6.77. The van der Waals surface area contributed by atoms with Crippen molar-refractivity contribution in [3.63, 3.8) is 0 Å². The Morgan fingerprint density at radius 1 is 1.28 bits per heavy atom. The van der Waals surface area contributed by atoms with Crippen molar-refractivity contribution in [3.8, 4) is 5.75 Å². The quantitative estimate of drug-likeness (QED) is 0.457. The molecule has 2 bridgehead atoms. The summed E-state index contributed by atoms with van der Waals surface area (Å²) in [6.07, 6.45) is 4.28. The molecule has 1 saturated heterocycles. The number of benzene rings is 1. The van der Waals surface area contributed by atoms with Crippen molar-refractivity contribution in [1.29, 1.82) is 0 Å². The van der Waals surface area contributed by atoms with Crippen LogP contribution in [-0.2, 0) is 9.31 Å². The summed E-state index contributed by atoms with van der Waals surface area (Å²) in [5, 5.41) is -0.174. The molecule has 132 valence electrons. The monoisotopic (exact) mass is 358 g/mol. The van der Waals surface area contributed by atoms with Crippen LogP contribution in [0.3, 0.4) is 0 Å². The highest BCUT2D eigenvalue weighted by molar-refractivity contribution is 6.59. The first-order valence-corrected chi connectivity index (χ1v) is 9.73. The fourth-order valence-corrected chi connectivity index (χ4v) is 5.61. The average Bonchev–Trinajstić information content (AvgIpc) is 3.15. The summed E-state index contributed by atoms with van der Waals surface area (Å²) in [6.45, 7) is 7.53. The normalized spacial score (nSPS) is 38.3. The number of ether oxygens (including phenoxy) is 1. The van der Waals surface area contributed by atoms with E-state index in [1.54, 1.807) is 0 Å². The van der Waals surface area contributed by atoms with E-state index < -0.39 is 0 Å². The van der Waals surface area contributed by atoms with Gasteiger partial charge in [0.25, 0.3) is 0 Å². The van der Waals surface area contributed by atoms with Gasteiger partial charge in [0.2, 0.25) is 0 Å². The molecule has 1 unspecified atom stereocenters. The Balaban J connectivity index is 1.30. The Labute approximate surface area is 154 Å². The molecule has 5 atom stereocenters. The molecule has 0 amide bonds. The van der Waals surface area contributed by atoms with E-state index in [2.05, 4.69) is 39.0 Å². The summed E-state index contributed by atoms with van der Waals surface area (Å²) in [4.78, 5) is 0. The summed E-state index contributed by atoms with van der Waals surface area (Å²) < 4.78 is 18.5. The topological polar surface area (TPSA) is 27.7 Å². The zero-order chi connectivity index (χ0) is 17.4. The van der Waals surface area contributed by atoms with Crippen LogP contribution < -0.4 is 4.74 Å². The van der Waals surface area contributed by atoms with Crippen molar-refractivity contribution < 1.29 is 14.0 Å². The number of hydrogen-bond donors (Lipinski definition) is 0.